The number of aromatic nitrogens is 3. The van der Waals surface area contributed by atoms with Crippen molar-refractivity contribution >= 4 is 23.5 Å². The minimum Gasteiger partial charge on any atom is -0.492 e. The number of amides is 2. The van der Waals surface area contributed by atoms with Crippen molar-refractivity contribution in [3.05, 3.63) is 33.8 Å². The highest BCUT2D eigenvalue weighted by atomic mass is 19.4. The van der Waals surface area contributed by atoms with Crippen molar-refractivity contribution < 1.29 is 27.9 Å². The van der Waals surface area contributed by atoms with E-state index in [1.54, 1.807) is 0 Å². The lowest BCUT2D eigenvalue weighted by molar-refractivity contribution is -0.155. The van der Waals surface area contributed by atoms with Crippen LogP contribution < -0.4 is 10.9 Å². The van der Waals surface area contributed by atoms with Crippen LogP contribution in [0.25, 0.3) is 11.7 Å². The topological polar surface area (TPSA) is 109 Å². The van der Waals surface area contributed by atoms with Gasteiger partial charge in [0.05, 0.1) is 6.20 Å². The Morgan fingerprint density at radius 1 is 1.38 bits per heavy atom. The molecule has 1 fully saturated rings. The number of hydrogen-bond donors (Lipinski definition) is 2. The minimum atomic E-state index is -4.54. The van der Waals surface area contributed by atoms with Crippen molar-refractivity contribution in [2.45, 2.75) is 45.5 Å². The fourth-order valence-electron chi connectivity index (χ4n) is 3.18. The molecule has 0 aliphatic heterocycles. The fraction of sp³-hybridized carbons (Fsp3) is 0.500. The van der Waals surface area contributed by atoms with Crippen LogP contribution in [0.15, 0.2) is 17.1 Å². The van der Waals surface area contributed by atoms with Gasteiger partial charge in [0.1, 0.15) is 12.2 Å². The largest absolute Gasteiger partial charge is 0.492 e. The third-order valence-electron chi connectivity index (χ3n) is 4.80. The van der Waals surface area contributed by atoms with Gasteiger partial charge in [-0.25, -0.2) is 0 Å². The third kappa shape index (κ3) is 5.11. The molecule has 2 aromatic rings. The first-order valence-corrected chi connectivity index (χ1v) is 10.0. The number of halogens is 3. The highest BCUT2D eigenvalue weighted by Crippen LogP contribution is 2.23. The number of hydrogen-bond acceptors (Lipinski definition) is 5. The summed E-state index contributed by atoms with van der Waals surface area (Å²) < 4.78 is 39.8. The molecule has 2 N–H and O–H groups in total. The van der Waals surface area contributed by atoms with Crippen molar-refractivity contribution in [3.8, 4) is 5.88 Å². The van der Waals surface area contributed by atoms with E-state index in [0.29, 0.717) is 4.90 Å². The Kier molecular flexibility index (Phi) is 6.33. The summed E-state index contributed by atoms with van der Waals surface area (Å²) in [5.74, 6) is -2.27. The minimum absolute atomic E-state index is 0.0216. The lowest BCUT2D eigenvalue weighted by Gasteiger charge is -2.17. The van der Waals surface area contributed by atoms with E-state index in [1.807, 2.05) is 13.8 Å². The average Bonchev–Trinajstić information content (AvgIpc) is 3.37. The molecule has 0 unspecified atom stereocenters. The second-order valence-corrected chi connectivity index (χ2v) is 8.23. The highest BCUT2D eigenvalue weighted by Gasteiger charge is 2.31. The Morgan fingerprint density at radius 3 is 2.59 bits per heavy atom. The number of nitrogens with one attached hydrogen (secondary N) is 1. The van der Waals surface area contributed by atoms with Crippen LogP contribution in [0.4, 0.5) is 13.2 Å². The fourth-order valence-corrected chi connectivity index (χ4v) is 3.18. The van der Waals surface area contributed by atoms with Crippen LogP contribution in [0, 0.1) is 5.92 Å². The standard InChI is InChI=1S/C20H24F3N5O4/c1-11(2)9-27-17-12(4-7-14(29)26(3)10-20(21,22)23)8-24-28(17)19(32)15(18(27)31)16(30)25-13-5-6-13/h4,7-8,11,13,32H,5-6,9-10H2,1-3H3,(H,25,30)/b7-4+. The molecule has 0 saturated heterocycles. The van der Waals surface area contributed by atoms with Crippen LogP contribution in [0.5, 0.6) is 5.88 Å². The van der Waals surface area contributed by atoms with Crippen molar-refractivity contribution in [1.82, 2.24) is 24.4 Å². The second kappa shape index (κ2) is 8.67. The van der Waals surface area contributed by atoms with Gasteiger partial charge in [0.2, 0.25) is 11.8 Å². The molecule has 1 saturated carbocycles. The van der Waals surface area contributed by atoms with Crippen LogP contribution in [0.2, 0.25) is 0 Å². The van der Waals surface area contributed by atoms with E-state index in [4.69, 9.17) is 0 Å². The molecule has 3 rings (SSSR count). The zero-order chi connectivity index (χ0) is 23.8. The summed E-state index contributed by atoms with van der Waals surface area (Å²) in [5, 5.41) is 17.3. The van der Waals surface area contributed by atoms with Gasteiger partial charge >= 0.3 is 6.18 Å². The van der Waals surface area contributed by atoms with E-state index < -0.39 is 41.5 Å². The molecule has 0 radical (unpaired) electrons. The smallest absolute Gasteiger partial charge is 0.406 e. The number of carbonyl (C=O) groups excluding carboxylic acids is 2. The molecule has 0 bridgehead atoms. The van der Waals surface area contributed by atoms with Crippen LogP contribution in [0.1, 0.15) is 42.6 Å². The predicted molar refractivity (Wildman–Crippen MR) is 109 cm³/mol. The molecule has 2 heterocycles. The van der Waals surface area contributed by atoms with Gasteiger partial charge in [-0.1, -0.05) is 13.8 Å². The molecular weight excluding hydrogens is 431 g/mol. The van der Waals surface area contributed by atoms with Crippen LogP contribution in [-0.2, 0) is 11.3 Å². The summed E-state index contributed by atoms with van der Waals surface area (Å²) in [4.78, 5) is 38.2. The normalized spacial score (nSPS) is 14.5. The Balaban J connectivity index is 2.05. The van der Waals surface area contributed by atoms with E-state index >= 15 is 0 Å². The van der Waals surface area contributed by atoms with Crippen LogP contribution in [-0.4, -0.2) is 61.8 Å². The number of aromatic hydroxyl groups is 1. The first-order valence-electron chi connectivity index (χ1n) is 10.0. The van der Waals surface area contributed by atoms with Gasteiger partial charge in [-0.05, 0) is 24.8 Å². The summed E-state index contributed by atoms with van der Waals surface area (Å²) in [6.07, 6.45) is 0.449. The van der Waals surface area contributed by atoms with Crippen molar-refractivity contribution in [3.63, 3.8) is 0 Å². The molecule has 0 spiro atoms. The first kappa shape index (κ1) is 23.4. The van der Waals surface area contributed by atoms with E-state index in [1.165, 1.54) is 16.8 Å². The Hall–Kier alpha value is -3.31. The molecular formula is C20H24F3N5O4. The molecule has 2 aromatic heterocycles. The van der Waals surface area contributed by atoms with E-state index in [2.05, 4.69) is 10.4 Å². The number of rotatable bonds is 7. The van der Waals surface area contributed by atoms with Gasteiger partial charge in [0, 0.05) is 31.3 Å². The third-order valence-corrected chi connectivity index (χ3v) is 4.80. The SMILES string of the molecule is CC(C)Cn1c(=O)c(C(=O)NC2CC2)c(O)n2ncc(/C=C/C(=O)N(C)CC(F)(F)F)c12. The number of carbonyl (C=O) groups is 2. The van der Waals surface area contributed by atoms with E-state index in [-0.39, 0.29) is 29.7 Å². The van der Waals surface area contributed by atoms with Crippen molar-refractivity contribution in [2.75, 3.05) is 13.6 Å². The molecule has 1 aliphatic rings. The average molecular weight is 455 g/mol. The van der Waals surface area contributed by atoms with Gasteiger partial charge in [0.25, 0.3) is 11.5 Å². The number of alkyl halides is 3. The van der Waals surface area contributed by atoms with Gasteiger partial charge < -0.3 is 15.3 Å². The van der Waals surface area contributed by atoms with Crippen LogP contribution >= 0.6 is 0 Å². The molecule has 9 nitrogen and oxygen atoms in total. The summed E-state index contributed by atoms with van der Waals surface area (Å²) in [6.45, 7) is 2.46. The molecule has 2 amide bonds. The molecule has 1 aliphatic carbocycles. The second-order valence-electron chi connectivity index (χ2n) is 8.23. The van der Waals surface area contributed by atoms with Gasteiger partial charge in [-0.2, -0.15) is 22.8 Å². The van der Waals surface area contributed by atoms with Gasteiger partial charge in [0.15, 0.2) is 5.56 Å². The Morgan fingerprint density at radius 2 is 2.03 bits per heavy atom. The number of fused-ring (bicyclic) bond motifs is 1. The monoisotopic (exact) mass is 455 g/mol. The summed E-state index contributed by atoms with van der Waals surface area (Å²) in [7, 11) is 1.02. The lowest BCUT2D eigenvalue weighted by atomic mass is 10.2. The molecule has 12 heteroatoms. The summed E-state index contributed by atoms with van der Waals surface area (Å²) in [5.41, 5.74) is -0.824. The Bertz CT molecular complexity index is 1130. The lowest BCUT2D eigenvalue weighted by Crippen LogP contribution is -2.36. The van der Waals surface area contributed by atoms with Crippen molar-refractivity contribution in [1.29, 1.82) is 0 Å². The molecule has 0 aromatic carbocycles. The maximum Gasteiger partial charge on any atom is 0.406 e. The van der Waals surface area contributed by atoms with E-state index in [0.717, 1.165) is 30.5 Å². The quantitative estimate of drug-likeness (QED) is 0.619. The predicted octanol–water partition coefficient (Wildman–Crippen LogP) is 1.78. The highest BCUT2D eigenvalue weighted by molar-refractivity contribution is 5.97. The van der Waals surface area contributed by atoms with Crippen LogP contribution in [0.3, 0.4) is 0 Å². The first-order chi connectivity index (χ1) is 14.9. The van der Waals surface area contributed by atoms with E-state index in [9.17, 15) is 32.7 Å². The molecule has 32 heavy (non-hydrogen) atoms. The number of nitrogens with zero attached hydrogens (tertiary/aromatic N) is 4. The maximum absolute atomic E-state index is 13.1. The van der Waals surface area contributed by atoms with Gasteiger partial charge in [-0.15, -0.1) is 0 Å². The maximum atomic E-state index is 13.1. The summed E-state index contributed by atoms with van der Waals surface area (Å²) >= 11 is 0. The van der Waals surface area contributed by atoms with Gasteiger partial charge in [-0.3, -0.25) is 19.0 Å². The summed E-state index contributed by atoms with van der Waals surface area (Å²) in [6, 6.07) is -0.0358. The Labute approximate surface area is 181 Å². The zero-order valence-corrected chi connectivity index (χ0v) is 17.8. The number of likely N-dealkylation sites (N-methyl/N-ethyl adjacent to an activating group) is 1. The molecule has 174 valence electrons. The van der Waals surface area contributed by atoms with Crippen molar-refractivity contribution in [2.24, 2.45) is 5.92 Å². The zero-order valence-electron chi connectivity index (χ0n) is 17.8. The molecule has 0 atom stereocenters.